The first-order chi connectivity index (χ1) is 7.34. The van der Waals surface area contributed by atoms with E-state index >= 15 is 0 Å². The van der Waals surface area contributed by atoms with Gasteiger partial charge >= 0.3 is 0 Å². The molecule has 0 saturated carbocycles. The monoisotopic (exact) mass is 325 g/mol. The van der Waals surface area contributed by atoms with Gasteiger partial charge in [-0.1, -0.05) is 0 Å². The van der Waals surface area contributed by atoms with Crippen LogP contribution in [0.15, 0.2) is 31.7 Å². The SMILES string of the molecule is O=S(O)c1cc(S(=O)O)c(S)c(S(=O)O)c1.[Na]. The van der Waals surface area contributed by atoms with Crippen LogP contribution in [0.1, 0.15) is 0 Å². The fourth-order valence-corrected chi connectivity index (χ4v) is 3.18. The fraction of sp³-hybridized carbons (Fsp3) is 0. The van der Waals surface area contributed by atoms with Crippen molar-refractivity contribution in [3.63, 3.8) is 0 Å². The molecule has 0 aliphatic heterocycles. The smallest absolute Gasteiger partial charge is 0.187 e. The minimum absolute atomic E-state index is 0. The van der Waals surface area contributed by atoms with Gasteiger partial charge in [0.1, 0.15) is 0 Å². The molecule has 0 fully saturated rings. The van der Waals surface area contributed by atoms with Gasteiger partial charge in [0.15, 0.2) is 33.2 Å². The molecule has 1 aromatic carbocycles. The summed E-state index contributed by atoms with van der Waals surface area (Å²) < 4.78 is 59.1. The van der Waals surface area contributed by atoms with Gasteiger partial charge in [-0.05, 0) is 12.1 Å². The summed E-state index contributed by atoms with van der Waals surface area (Å²) in [6, 6.07) is 1.95. The van der Waals surface area contributed by atoms with Crippen molar-refractivity contribution >= 4 is 75.4 Å². The van der Waals surface area contributed by atoms with E-state index in [0.29, 0.717) is 0 Å². The minimum Gasteiger partial charge on any atom is -0.302 e. The molecule has 91 valence electrons. The first-order valence-electron chi connectivity index (χ1n) is 3.54. The standard InChI is InChI=1S/C6H6O6S4.Na/c7-14(8)3-1-4(15(9)10)6(13)5(2-3)16(11)12;/h1-2,13H,(H,7,8)(H,9,10)(H,11,12);. The van der Waals surface area contributed by atoms with Crippen molar-refractivity contribution in [1.82, 2.24) is 0 Å². The van der Waals surface area contributed by atoms with Crippen molar-refractivity contribution in [2.75, 3.05) is 0 Å². The third kappa shape index (κ3) is 4.49. The minimum atomic E-state index is -2.46. The van der Waals surface area contributed by atoms with Gasteiger partial charge in [-0.25, -0.2) is 12.6 Å². The van der Waals surface area contributed by atoms with Crippen molar-refractivity contribution in [2.24, 2.45) is 0 Å². The molecule has 0 amide bonds. The normalized spacial score (nSPS) is 15.8. The molecule has 0 spiro atoms. The van der Waals surface area contributed by atoms with Gasteiger partial charge in [0.05, 0.1) is 14.7 Å². The molecule has 1 aromatic rings. The summed E-state index contributed by atoms with van der Waals surface area (Å²) in [5.41, 5.74) is 0. The number of rotatable bonds is 3. The second-order valence-electron chi connectivity index (χ2n) is 2.52. The van der Waals surface area contributed by atoms with E-state index in [9.17, 15) is 12.6 Å². The van der Waals surface area contributed by atoms with Crippen molar-refractivity contribution < 1.29 is 26.3 Å². The van der Waals surface area contributed by atoms with Gasteiger partial charge < -0.3 is 13.7 Å². The van der Waals surface area contributed by atoms with Crippen LogP contribution in [-0.4, -0.2) is 55.8 Å². The molecule has 1 rings (SSSR count). The van der Waals surface area contributed by atoms with E-state index in [4.69, 9.17) is 13.7 Å². The summed E-state index contributed by atoms with van der Waals surface area (Å²) in [7, 11) is 0. The van der Waals surface area contributed by atoms with Gasteiger partial charge in [-0.2, -0.15) is 0 Å². The van der Waals surface area contributed by atoms with Crippen LogP contribution in [0.3, 0.4) is 0 Å². The summed E-state index contributed by atoms with van der Waals surface area (Å²) in [4.78, 5) is -0.982. The summed E-state index contributed by atoms with van der Waals surface area (Å²) in [6.45, 7) is 0. The van der Waals surface area contributed by atoms with Crippen molar-refractivity contribution in [1.29, 1.82) is 0 Å². The zero-order chi connectivity index (χ0) is 12.5. The third-order valence-corrected chi connectivity index (χ3v) is 4.41. The van der Waals surface area contributed by atoms with E-state index in [2.05, 4.69) is 12.6 Å². The first-order valence-corrected chi connectivity index (χ1v) is 7.31. The second-order valence-corrected chi connectivity index (χ2v) is 5.81. The van der Waals surface area contributed by atoms with E-state index in [-0.39, 0.29) is 49.1 Å². The van der Waals surface area contributed by atoms with Crippen molar-refractivity contribution in [3.05, 3.63) is 12.1 Å². The van der Waals surface area contributed by atoms with Crippen LogP contribution in [0.5, 0.6) is 0 Å². The molecular formula is C6H6NaO6S4. The fourth-order valence-electron chi connectivity index (χ4n) is 0.925. The molecule has 3 unspecified atom stereocenters. The summed E-state index contributed by atoms with van der Waals surface area (Å²) >= 11 is -3.52. The Balaban J connectivity index is 0.00000256. The maximum Gasteiger partial charge on any atom is 0.187 e. The molecule has 0 aliphatic carbocycles. The maximum atomic E-state index is 10.9. The second kappa shape index (κ2) is 7.48. The average molecular weight is 325 g/mol. The van der Waals surface area contributed by atoms with E-state index in [1.54, 1.807) is 0 Å². The molecule has 0 aliphatic rings. The average Bonchev–Trinajstić information content (AvgIpc) is 2.16. The Bertz CT molecular complexity index is 468. The summed E-state index contributed by atoms with van der Waals surface area (Å²) in [6.07, 6.45) is 0. The van der Waals surface area contributed by atoms with Crippen LogP contribution >= 0.6 is 12.6 Å². The summed E-state index contributed by atoms with van der Waals surface area (Å²) in [5.74, 6) is 0. The Labute approximate surface area is 132 Å². The number of thiol groups is 1. The molecule has 0 aromatic heterocycles. The van der Waals surface area contributed by atoms with Crippen LogP contribution in [-0.2, 0) is 33.2 Å². The van der Waals surface area contributed by atoms with Crippen LogP contribution in [0.25, 0.3) is 0 Å². The van der Waals surface area contributed by atoms with E-state index in [0.717, 1.165) is 12.1 Å². The van der Waals surface area contributed by atoms with Gasteiger partial charge in [0.2, 0.25) is 0 Å². The number of hydrogen-bond acceptors (Lipinski definition) is 4. The Morgan fingerprint density at radius 3 is 1.47 bits per heavy atom. The molecule has 0 bridgehead atoms. The van der Waals surface area contributed by atoms with Crippen LogP contribution in [0, 0.1) is 0 Å². The number of benzene rings is 1. The van der Waals surface area contributed by atoms with Crippen molar-refractivity contribution in [2.45, 2.75) is 19.6 Å². The van der Waals surface area contributed by atoms with E-state index < -0.39 is 33.2 Å². The van der Waals surface area contributed by atoms with E-state index in [1.807, 2.05) is 0 Å². The Morgan fingerprint density at radius 1 is 0.882 bits per heavy atom. The quantitative estimate of drug-likeness (QED) is 0.362. The van der Waals surface area contributed by atoms with Crippen LogP contribution < -0.4 is 0 Å². The molecule has 6 nitrogen and oxygen atoms in total. The third-order valence-electron chi connectivity index (χ3n) is 1.59. The molecule has 11 heteroatoms. The topological polar surface area (TPSA) is 112 Å². The molecule has 1 radical (unpaired) electrons. The maximum absolute atomic E-state index is 10.9. The molecule has 3 atom stereocenters. The van der Waals surface area contributed by atoms with Gasteiger partial charge in [-0.15, -0.1) is 12.6 Å². The van der Waals surface area contributed by atoms with Crippen LogP contribution in [0.2, 0.25) is 0 Å². The number of hydrogen-bond donors (Lipinski definition) is 4. The van der Waals surface area contributed by atoms with Crippen LogP contribution in [0.4, 0.5) is 0 Å². The Kier molecular flexibility index (Phi) is 7.88. The first kappa shape index (κ1) is 17.9. The zero-order valence-electron chi connectivity index (χ0n) is 8.39. The predicted molar refractivity (Wildman–Crippen MR) is 66.6 cm³/mol. The largest absolute Gasteiger partial charge is 0.302 e. The van der Waals surface area contributed by atoms with Gasteiger partial charge in [0.25, 0.3) is 0 Å². The van der Waals surface area contributed by atoms with Gasteiger partial charge in [0, 0.05) is 34.5 Å². The molecule has 3 N–H and O–H groups in total. The molecule has 0 saturated heterocycles. The molecule has 17 heavy (non-hydrogen) atoms. The summed E-state index contributed by atoms with van der Waals surface area (Å²) in [5, 5.41) is 0. The van der Waals surface area contributed by atoms with E-state index in [1.165, 1.54) is 0 Å². The predicted octanol–water partition coefficient (Wildman–Crippen LogP) is 0.336. The van der Waals surface area contributed by atoms with Gasteiger partial charge in [-0.3, -0.25) is 0 Å². The van der Waals surface area contributed by atoms with Crippen molar-refractivity contribution in [3.8, 4) is 0 Å². The molecular weight excluding hydrogens is 319 g/mol. The Morgan fingerprint density at radius 2 is 1.24 bits per heavy atom. The zero-order valence-corrected chi connectivity index (χ0v) is 13.7. The molecule has 0 heterocycles. The Hall–Kier alpha value is 0.900.